The minimum Gasteiger partial charge on any atom is -0.465 e. The third-order valence-electron chi connectivity index (χ3n) is 5.22. The third-order valence-corrected chi connectivity index (χ3v) is 11.3. The molecule has 2 unspecified atom stereocenters. The van der Waals surface area contributed by atoms with Gasteiger partial charge < -0.3 is 19.5 Å². The molecule has 0 aromatic carbocycles. The molecule has 0 aliphatic carbocycles. The van der Waals surface area contributed by atoms with Crippen molar-refractivity contribution in [3.05, 3.63) is 0 Å². The standard InChI is InChI=1S/C16H33NO4Si/c1-11(2)22(12(3)4,13(5)6)21-10-14-9-17(16(19)20)8-7-15(14)18/h11-15,18H,7-10H2,1-6H3,(H,19,20). The molecule has 0 saturated carbocycles. The number of piperidine rings is 1. The highest BCUT2D eigenvalue weighted by Gasteiger charge is 2.46. The van der Waals surface area contributed by atoms with Gasteiger partial charge in [-0.05, 0) is 23.0 Å². The summed E-state index contributed by atoms with van der Waals surface area (Å²) in [4.78, 5) is 12.5. The van der Waals surface area contributed by atoms with E-state index in [4.69, 9.17) is 9.53 Å². The van der Waals surface area contributed by atoms with Gasteiger partial charge in [0.25, 0.3) is 0 Å². The van der Waals surface area contributed by atoms with E-state index in [0.29, 0.717) is 42.7 Å². The molecule has 2 N–H and O–H groups in total. The first kappa shape index (κ1) is 19.5. The molecule has 1 amide bonds. The van der Waals surface area contributed by atoms with E-state index < -0.39 is 20.5 Å². The van der Waals surface area contributed by atoms with Crippen LogP contribution in [-0.4, -0.2) is 55.3 Å². The number of hydrogen-bond acceptors (Lipinski definition) is 3. The second-order valence-electron chi connectivity index (χ2n) is 7.47. The maximum atomic E-state index is 11.1. The van der Waals surface area contributed by atoms with Gasteiger partial charge in [-0.15, -0.1) is 0 Å². The molecule has 0 spiro atoms. The normalized spacial score (nSPS) is 23.6. The first-order valence-electron chi connectivity index (χ1n) is 8.42. The van der Waals surface area contributed by atoms with Crippen molar-refractivity contribution in [1.82, 2.24) is 4.90 Å². The summed E-state index contributed by atoms with van der Waals surface area (Å²) in [6, 6.07) is 0. The highest BCUT2D eigenvalue weighted by atomic mass is 28.4. The maximum absolute atomic E-state index is 11.1. The summed E-state index contributed by atoms with van der Waals surface area (Å²) in [6.07, 6.45) is -0.870. The Labute approximate surface area is 135 Å². The molecule has 22 heavy (non-hydrogen) atoms. The van der Waals surface area contributed by atoms with Crippen LogP contribution >= 0.6 is 0 Å². The maximum Gasteiger partial charge on any atom is 0.407 e. The smallest absolute Gasteiger partial charge is 0.407 e. The Morgan fingerprint density at radius 3 is 2.09 bits per heavy atom. The number of aliphatic hydroxyl groups is 1. The molecule has 1 aliphatic heterocycles. The molecule has 1 aliphatic rings. The molecule has 5 nitrogen and oxygen atoms in total. The summed E-state index contributed by atoms with van der Waals surface area (Å²) in [6.45, 7) is 14.6. The average Bonchev–Trinajstić information content (AvgIpc) is 2.39. The van der Waals surface area contributed by atoms with Crippen molar-refractivity contribution < 1.29 is 19.4 Å². The summed E-state index contributed by atoms with van der Waals surface area (Å²) in [5.74, 6) is -0.118. The van der Waals surface area contributed by atoms with Gasteiger partial charge in [0.15, 0.2) is 8.32 Å². The molecule has 0 radical (unpaired) electrons. The minimum absolute atomic E-state index is 0.118. The van der Waals surface area contributed by atoms with Crippen molar-refractivity contribution in [1.29, 1.82) is 0 Å². The second kappa shape index (κ2) is 7.79. The van der Waals surface area contributed by atoms with E-state index in [0.717, 1.165) is 0 Å². The lowest BCUT2D eigenvalue weighted by Gasteiger charge is -2.44. The molecule has 1 rings (SSSR count). The monoisotopic (exact) mass is 331 g/mol. The topological polar surface area (TPSA) is 70.0 Å². The minimum atomic E-state index is -1.97. The van der Waals surface area contributed by atoms with E-state index >= 15 is 0 Å². The molecule has 2 atom stereocenters. The Morgan fingerprint density at radius 1 is 1.18 bits per heavy atom. The zero-order valence-electron chi connectivity index (χ0n) is 14.9. The molecule has 0 aromatic heterocycles. The lowest BCUT2D eigenvalue weighted by atomic mass is 9.96. The van der Waals surface area contributed by atoms with Crippen LogP contribution in [0, 0.1) is 5.92 Å². The summed E-state index contributed by atoms with van der Waals surface area (Å²) >= 11 is 0. The molecular weight excluding hydrogens is 298 g/mol. The molecule has 130 valence electrons. The van der Waals surface area contributed by atoms with Gasteiger partial charge in [-0.25, -0.2) is 4.79 Å². The van der Waals surface area contributed by atoms with Crippen LogP contribution in [0.25, 0.3) is 0 Å². The Bertz CT molecular complexity index is 351. The van der Waals surface area contributed by atoms with E-state index in [1.54, 1.807) is 0 Å². The first-order valence-corrected chi connectivity index (χ1v) is 10.6. The summed E-state index contributed by atoms with van der Waals surface area (Å²) in [7, 11) is -1.97. The molecule has 0 bridgehead atoms. The van der Waals surface area contributed by atoms with E-state index in [2.05, 4.69) is 41.5 Å². The fourth-order valence-corrected chi connectivity index (χ4v) is 9.61. The van der Waals surface area contributed by atoms with E-state index in [9.17, 15) is 9.90 Å². The number of amides is 1. The van der Waals surface area contributed by atoms with Gasteiger partial charge >= 0.3 is 6.09 Å². The van der Waals surface area contributed by atoms with E-state index in [1.165, 1.54) is 4.90 Å². The average molecular weight is 332 g/mol. The van der Waals surface area contributed by atoms with Crippen LogP contribution in [-0.2, 0) is 4.43 Å². The fourth-order valence-electron chi connectivity index (χ4n) is 4.11. The van der Waals surface area contributed by atoms with Gasteiger partial charge in [0, 0.05) is 25.6 Å². The molecule has 1 saturated heterocycles. The Hall–Kier alpha value is -0.593. The van der Waals surface area contributed by atoms with Gasteiger partial charge in [0.05, 0.1) is 6.10 Å². The number of carbonyl (C=O) groups is 1. The molecule has 6 heteroatoms. The fraction of sp³-hybridized carbons (Fsp3) is 0.938. The van der Waals surface area contributed by atoms with Crippen molar-refractivity contribution in [3.8, 4) is 0 Å². The second-order valence-corrected chi connectivity index (χ2v) is 12.9. The first-order chi connectivity index (χ1) is 10.1. The predicted molar refractivity (Wildman–Crippen MR) is 90.7 cm³/mol. The van der Waals surface area contributed by atoms with Crippen molar-refractivity contribution in [3.63, 3.8) is 0 Å². The van der Waals surface area contributed by atoms with E-state index in [1.807, 2.05) is 0 Å². The number of aliphatic hydroxyl groups excluding tert-OH is 1. The van der Waals surface area contributed by atoms with Crippen LogP contribution in [0.4, 0.5) is 4.79 Å². The Kier molecular flexibility index (Phi) is 6.89. The van der Waals surface area contributed by atoms with Gasteiger partial charge in [-0.3, -0.25) is 0 Å². The van der Waals surface area contributed by atoms with Crippen LogP contribution in [0.1, 0.15) is 48.0 Å². The van der Waals surface area contributed by atoms with Crippen molar-refractivity contribution >= 4 is 14.4 Å². The largest absolute Gasteiger partial charge is 0.465 e. The molecular formula is C16H33NO4Si. The van der Waals surface area contributed by atoms with Crippen molar-refractivity contribution in [2.75, 3.05) is 19.7 Å². The third kappa shape index (κ3) is 4.03. The predicted octanol–water partition coefficient (Wildman–Crippen LogP) is 3.54. The van der Waals surface area contributed by atoms with Gasteiger partial charge in [-0.2, -0.15) is 0 Å². The zero-order valence-corrected chi connectivity index (χ0v) is 15.9. The molecule has 0 aromatic rings. The van der Waals surface area contributed by atoms with Crippen LogP contribution < -0.4 is 0 Å². The lowest BCUT2D eigenvalue weighted by molar-refractivity contribution is 0.00667. The quantitative estimate of drug-likeness (QED) is 0.730. The van der Waals surface area contributed by atoms with E-state index in [-0.39, 0.29) is 5.92 Å². The highest BCUT2D eigenvalue weighted by molar-refractivity contribution is 6.77. The molecule has 1 heterocycles. The number of rotatable bonds is 6. The Balaban J connectivity index is 2.81. The van der Waals surface area contributed by atoms with Crippen LogP contribution in [0.5, 0.6) is 0 Å². The zero-order chi connectivity index (χ0) is 17.1. The summed E-state index contributed by atoms with van der Waals surface area (Å²) in [5.41, 5.74) is 1.47. The number of hydrogen-bond donors (Lipinski definition) is 2. The number of carboxylic acid groups (broad SMARTS) is 1. The SMILES string of the molecule is CC(C)[Si](OCC1CN(C(=O)O)CCC1O)(C(C)C)C(C)C. The molecule has 1 fully saturated rings. The lowest BCUT2D eigenvalue weighted by Crippen LogP contribution is -2.52. The van der Waals surface area contributed by atoms with Crippen LogP contribution in [0.15, 0.2) is 0 Å². The summed E-state index contributed by atoms with van der Waals surface area (Å²) < 4.78 is 6.51. The highest BCUT2D eigenvalue weighted by Crippen LogP contribution is 2.42. The summed E-state index contributed by atoms with van der Waals surface area (Å²) in [5, 5.41) is 19.3. The van der Waals surface area contributed by atoms with Gasteiger partial charge in [0.1, 0.15) is 0 Å². The number of nitrogens with zero attached hydrogens (tertiary/aromatic N) is 1. The van der Waals surface area contributed by atoms with Crippen LogP contribution in [0.2, 0.25) is 16.6 Å². The van der Waals surface area contributed by atoms with Crippen molar-refractivity contribution in [2.24, 2.45) is 5.92 Å². The van der Waals surface area contributed by atoms with Crippen LogP contribution in [0.3, 0.4) is 0 Å². The van der Waals surface area contributed by atoms with Gasteiger partial charge in [0.2, 0.25) is 0 Å². The van der Waals surface area contributed by atoms with Crippen molar-refractivity contribution in [2.45, 2.75) is 70.7 Å². The number of likely N-dealkylation sites (tertiary alicyclic amines) is 1. The Morgan fingerprint density at radius 2 is 1.68 bits per heavy atom. The van der Waals surface area contributed by atoms with Gasteiger partial charge in [-0.1, -0.05) is 41.5 Å².